The van der Waals surface area contributed by atoms with Crippen molar-refractivity contribution >= 4 is 11.8 Å². The SMILES string of the molecule is CCC(C)n1ccc(CNC2CCCCC2SC)n1. The lowest BCUT2D eigenvalue weighted by atomic mass is 9.95. The molecule has 1 aromatic rings. The molecule has 0 radical (unpaired) electrons. The van der Waals surface area contributed by atoms with Crippen molar-refractivity contribution in [1.29, 1.82) is 0 Å². The Hall–Kier alpha value is -0.480. The van der Waals surface area contributed by atoms with Crippen LogP contribution >= 0.6 is 11.8 Å². The van der Waals surface area contributed by atoms with Gasteiger partial charge in [-0.05, 0) is 38.5 Å². The van der Waals surface area contributed by atoms with Crippen molar-refractivity contribution in [3.63, 3.8) is 0 Å². The van der Waals surface area contributed by atoms with Gasteiger partial charge in [0, 0.05) is 30.1 Å². The van der Waals surface area contributed by atoms with Crippen LogP contribution in [0.1, 0.15) is 57.7 Å². The molecule has 1 N–H and O–H groups in total. The van der Waals surface area contributed by atoms with Gasteiger partial charge in [0.25, 0.3) is 0 Å². The van der Waals surface area contributed by atoms with Crippen molar-refractivity contribution in [1.82, 2.24) is 15.1 Å². The molecule has 1 aromatic heterocycles. The third-order valence-electron chi connectivity index (χ3n) is 4.26. The Morgan fingerprint density at radius 3 is 3.00 bits per heavy atom. The summed E-state index contributed by atoms with van der Waals surface area (Å²) in [5, 5.41) is 9.16. The van der Waals surface area contributed by atoms with Crippen LogP contribution in [0.4, 0.5) is 0 Å². The maximum atomic E-state index is 4.66. The fourth-order valence-corrected chi connectivity index (χ4v) is 3.72. The molecule has 0 aliphatic heterocycles. The highest BCUT2D eigenvalue weighted by Crippen LogP contribution is 2.27. The Morgan fingerprint density at radius 2 is 2.26 bits per heavy atom. The lowest BCUT2D eigenvalue weighted by Gasteiger charge is -2.30. The number of hydrogen-bond acceptors (Lipinski definition) is 3. The van der Waals surface area contributed by atoms with Gasteiger partial charge in [-0.2, -0.15) is 16.9 Å². The van der Waals surface area contributed by atoms with Crippen LogP contribution in [-0.4, -0.2) is 27.3 Å². The molecular formula is C15H27N3S. The van der Waals surface area contributed by atoms with Gasteiger partial charge in [0.1, 0.15) is 0 Å². The molecule has 4 heteroatoms. The Kier molecular flexibility index (Phi) is 5.76. The topological polar surface area (TPSA) is 29.9 Å². The quantitative estimate of drug-likeness (QED) is 0.864. The molecule has 0 spiro atoms. The number of nitrogens with zero attached hydrogens (tertiary/aromatic N) is 2. The summed E-state index contributed by atoms with van der Waals surface area (Å²) in [5.74, 6) is 0. The van der Waals surface area contributed by atoms with Crippen LogP contribution in [-0.2, 0) is 6.54 Å². The summed E-state index contributed by atoms with van der Waals surface area (Å²) in [4.78, 5) is 0. The highest BCUT2D eigenvalue weighted by atomic mass is 32.2. The fourth-order valence-electron chi connectivity index (χ4n) is 2.75. The monoisotopic (exact) mass is 281 g/mol. The predicted molar refractivity (Wildman–Crippen MR) is 83.6 cm³/mol. The molecule has 108 valence electrons. The molecule has 19 heavy (non-hydrogen) atoms. The van der Waals surface area contributed by atoms with Crippen molar-refractivity contribution < 1.29 is 0 Å². The molecule has 3 unspecified atom stereocenters. The van der Waals surface area contributed by atoms with Crippen LogP contribution in [0.25, 0.3) is 0 Å². The zero-order chi connectivity index (χ0) is 13.7. The van der Waals surface area contributed by atoms with Gasteiger partial charge in [0.15, 0.2) is 0 Å². The zero-order valence-corrected chi connectivity index (χ0v) is 13.2. The van der Waals surface area contributed by atoms with Gasteiger partial charge in [-0.1, -0.05) is 19.8 Å². The van der Waals surface area contributed by atoms with E-state index in [1.807, 2.05) is 11.8 Å². The van der Waals surface area contributed by atoms with Crippen LogP contribution in [0.2, 0.25) is 0 Å². The summed E-state index contributed by atoms with van der Waals surface area (Å²) in [6.45, 7) is 5.33. The fraction of sp³-hybridized carbons (Fsp3) is 0.800. The van der Waals surface area contributed by atoms with E-state index in [4.69, 9.17) is 0 Å². The molecule has 1 aliphatic rings. The first-order valence-electron chi connectivity index (χ1n) is 7.54. The van der Waals surface area contributed by atoms with E-state index in [9.17, 15) is 0 Å². The van der Waals surface area contributed by atoms with Crippen LogP contribution in [0.3, 0.4) is 0 Å². The van der Waals surface area contributed by atoms with Crippen molar-refractivity contribution in [2.75, 3.05) is 6.26 Å². The average molecular weight is 281 g/mol. The minimum Gasteiger partial charge on any atom is -0.307 e. The highest BCUT2D eigenvalue weighted by Gasteiger charge is 2.23. The minimum atomic E-state index is 0.502. The maximum Gasteiger partial charge on any atom is 0.0762 e. The molecule has 0 aromatic carbocycles. The van der Waals surface area contributed by atoms with Gasteiger partial charge < -0.3 is 5.32 Å². The molecule has 1 fully saturated rings. The zero-order valence-electron chi connectivity index (χ0n) is 12.4. The normalized spacial score (nSPS) is 25.4. The Morgan fingerprint density at radius 1 is 1.47 bits per heavy atom. The van der Waals surface area contributed by atoms with E-state index in [-0.39, 0.29) is 0 Å². The molecular weight excluding hydrogens is 254 g/mol. The molecule has 0 bridgehead atoms. The number of rotatable bonds is 6. The molecule has 3 nitrogen and oxygen atoms in total. The first-order chi connectivity index (χ1) is 9.24. The first-order valence-corrected chi connectivity index (χ1v) is 8.83. The second kappa shape index (κ2) is 7.34. The van der Waals surface area contributed by atoms with Crippen molar-refractivity contribution in [3.05, 3.63) is 18.0 Å². The van der Waals surface area contributed by atoms with Crippen LogP contribution in [0.5, 0.6) is 0 Å². The van der Waals surface area contributed by atoms with Crippen LogP contribution < -0.4 is 5.32 Å². The van der Waals surface area contributed by atoms with E-state index >= 15 is 0 Å². The van der Waals surface area contributed by atoms with Crippen LogP contribution in [0.15, 0.2) is 12.3 Å². The summed E-state index contributed by atoms with van der Waals surface area (Å²) in [7, 11) is 0. The molecule has 2 rings (SSSR count). The minimum absolute atomic E-state index is 0.502. The van der Waals surface area contributed by atoms with Crippen molar-refractivity contribution in [2.24, 2.45) is 0 Å². The third-order valence-corrected chi connectivity index (χ3v) is 5.43. The van der Waals surface area contributed by atoms with Crippen molar-refractivity contribution in [2.45, 2.75) is 69.8 Å². The van der Waals surface area contributed by atoms with E-state index in [1.54, 1.807) is 0 Å². The van der Waals surface area contributed by atoms with Gasteiger partial charge in [-0.25, -0.2) is 0 Å². The first kappa shape index (κ1) is 14.9. The second-order valence-electron chi connectivity index (χ2n) is 5.59. The second-order valence-corrected chi connectivity index (χ2v) is 6.67. The van der Waals surface area contributed by atoms with E-state index in [1.165, 1.54) is 31.4 Å². The average Bonchev–Trinajstić information content (AvgIpc) is 2.93. The number of aromatic nitrogens is 2. The largest absolute Gasteiger partial charge is 0.307 e. The lowest BCUT2D eigenvalue weighted by Crippen LogP contribution is -2.40. The molecule has 1 saturated carbocycles. The predicted octanol–water partition coefficient (Wildman–Crippen LogP) is 3.62. The van der Waals surface area contributed by atoms with E-state index in [2.05, 4.69) is 47.5 Å². The smallest absolute Gasteiger partial charge is 0.0762 e. The maximum absolute atomic E-state index is 4.66. The van der Waals surface area contributed by atoms with E-state index < -0.39 is 0 Å². The Bertz CT molecular complexity index is 377. The van der Waals surface area contributed by atoms with Crippen molar-refractivity contribution in [3.8, 4) is 0 Å². The molecule has 1 heterocycles. The molecule has 3 atom stereocenters. The molecule has 0 amide bonds. The van der Waals surface area contributed by atoms with Gasteiger partial charge in [0.05, 0.1) is 5.69 Å². The Labute approximate surface area is 121 Å². The summed E-state index contributed by atoms with van der Waals surface area (Å²) < 4.78 is 2.09. The van der Waals surface area contributed by atoms with E-state index in [0.29, 0.717) is 12.1 Å². The third kappa shape index (κ3) is 3.99. The van der Waals surface area contributed by atoms with Gasteiger partial charge in [-0.3, -0.25) is 4.68 Å². The van der Waals surface area contributed by atoms with Gasteiger partial charge in [-0.15, -0.1) is 0 Å². The van der Waals surface area contributed by atoms with Gasteiger partial charge >= 0.3 is 0 Å². The Balaban J connectivity index is 1.85. The lowest BCUT2D eigenvalue weighted by molar-refractivity contribution is 0.379. The van der Waals surface area contributed by atoms with Crippen LogP contribution in [0, 0.1) is 0 Å². The summed E-state index contributed by atoms with van der Waals surface area (Å²) in [6, 6.07) is 3.32. The van der Waals surface area contributed by atoms with Gasteiger partial charge in [0.2, 0.25) is 0 Å². The molecule has 0 saturated heterocycles. The number of nitrogens with one attached hydrogen (secondary N) is 1. The summed E-state index contributed by atoms with van der Waals surface area (Å²) in [6.07, 6.45) is 10.9. The summed E-state index contributed by atoms with van der Waals surface area (Å²) >= 11 is 2.01. The standard InChI is InChI=1S/C15H27N3S/c1-4-12(2)18-10-9-13(17-18)11-16-14-7-5-6-8-15(14)19-3/h9-10,12,14-16H,4-8,11H2,1-3H3. The summed E-state index contributed by atoms with van der Waals surface area (Å²) in [5.41, 5.74) is 1.17. The number of hydrogen-bond donors (Lipinski definition) is 1. The highest BCUT2D eigenvalue weighted by molar-refractivity contribution is 7.99. The number of thioether (sulfide) groups is 1. The molecule has 1 aliphatic carbocycles. The van der Waals surface area contributed by atoms with E-state index in [0.717, 1.165) is 18.2 Å².